The van der Waals surface area contributed by atoms with Crippen LogP contribution in [-0.4, -0.2) is 16.1 Å². The number of imidazole rings is 1. The van der Waals surface area contributed by atoms with Gasteiger partial charge in [0, 0.05) is 11.4 Å². The highest BCUT2D eigenvalue weighted by molar-refractivity contribution is 5.37. The summed E-state index contributed by atoms with van der Waals surface area (Å²) in [7, 11) is 0. The summed E-state index contributed by atoms with van der Waals surface area (Å²) >= 11 is 0. The minimum absolute atomic E-state index is 0.697. The van der Waals surface area contributed by atoms with Gasteiger partial charge in [-0.2, -0.15) is 0 Å². The molecule has 2 rings (SSSR count). The van der Waals surface area contributed by atoms with Crippen LogP contribution in [0.25, 0.3) is 5.69 Å². The molecule has 3 heteroatoms. The van der Waals surface area contributed by atoms with Crippen molar-refractivity contribution in [3.63, 3.8) is 0 Å². The Labute approximate surface area is 95.9 Å². The Kier molecular flexibility index (Phi) is 3.06. The Bertz CT molecular complexity index is 468. The quantitative estimate of drug-likeness (QED) is 0.851. The second-order valence-corrected chi connectivity index (χ2v) is 3.99. The second-order valence-electron chi connectivity index (χ2n) is 3.99. The summed E-state index contributed by atoms with van der Waals surface area (Å²) in [5, 5.41) is 0. The SMILES string of the molecule is Cc1ncn(-c2ccc(CCN)cc2)c1C. The van der Waals surface area contributed by atoms with Crippen LogP contribution in [0.1, 0.15) is 17.0 Å². The number of benzene rings is 1. The van der Waals surface area contributed by atoms with E-state index in [-0.39, 0.29) is 0 Å². The van der Waals surface area contributed by atoms with Crippen molar-refractivity contribution in [2.75, 3.05) is 6.54 Å². The van der Waals surface area contributed by atoms with E-state index in [4.69, 9.17) is 5.73 Å². The number of nitrogens with two attached hydrogens (primary N) is 1. The molecular formula is C13H17N3. The van der Waals surface area contributed by atoms with Crippen LogP contribution in [0.5, 0.6) is 0 Å². The van der Waals surface area contributed by atoms with Crippen molar-refractivity contribution in [2.45, 2.75) is 20.3 Å². The average molecular weight is 215 g/mol. The molecule has 0 unspecified atom stereocenters. The van der Waals surface area contributed by atoms with E-state index in [1.807, 2.05) is 13.3 Å². The van der Waals surface area contributed by atoms with Gasteiger partial charge in [0.05, 0.1) is 12.0 Å². The highest BCUT2D eigenvalue weighted by Crippen LogP contribution is 2.14. The summed E-state index contributed by atoms with van der Waals surface area (Å²) in [6.07, 6.45) is 2.80. The largest absolute Gasteiger partial charge is 0.330 e. The molecular weight excluding hydrogens is 198 g/mol. The predicted molar refractivity (Wildman–Crippen MR) is 65.8 cm³/mol. The molecule has 2 aromatic rings. The topological polar surface area (TPSA) is 43.8 Å². The summed E-state index contributed by atoms with van der Waals surface area (Å²) in [5.41, 5.74) is 10.2. The Morgan fingerprint density at radius 2 is 1.88 bits per heavy atom. The lowest BCUT2D eigenvalue weighted by Crippen LogP contribution is -2.03. The lowest BCUT2D eigenvalue weighted by atomic mass is 10.1. The van der Waals surface area contributed by atoms with Crippen molar-refractivity contribution in [3.8, 4) is 5.69 Å². The first-order valence-corrected chi connectivity index (χ1v) is 5.52. The molecule has 0 amide bonds. The van der Waals surface area contributed by atoms with Gasteiger partial charge < -0.3 is 10.3 Å². The minimum atomic E-state index is 0.697. The number of aromatic nitrogens is 2. The van der Waals surface area contributed by atoms with Gasteiger partial charge in [-0.25, -0.2) is 4.98 Å². The van der Waals surface area contributed by atoms with Crippen LogP contribution >= 0.6 is 0 Å². The maximum absolute atomic E-state index is 5.52. The molecule has 1 aromatic carbocycles. The number of hydrogen-bond acceptors (Lipinski definition) is 2. The molecule has 0 aliphatic carbocycles. The van der Waals surface area contributed by atoms with Gasteiger partial charge in [-0.15, -0.1) is 0 Å². The maximum Gasteiger partial charge on any atom is 0.0997 e. The number of hydrogen-bond donors (Lipinski definition) is 1. The first-order valence-electron chi connectivity index (χ1n) is 5.52. The van der Waals surface area contributed by atoms with Crippen molar-refractivity contribution in [3.05, 3.63) is 47.5 Å². The van der Waals surface area contributed by atoms with E-state index in [9.17, 15) is 0 Å². The normalized spacial score (nSPS) is 10.7. The van der Waals surface area contributed by atoms with Gasteiger partial charge in [0.2, 0.25) is 0 Å². The van der Waals surface area contributed by atoms with E-state index in [1.165, 1.54) is 11.3 Å². The summed E-state index contributed by atoms with van der Waals surface area (Å²) in [6.45, 7) is 4.80. The van der Waals surface area contributed by atoms with Gasteiger partial charge in [0.1, 0.15) is 0 Å². The molecule has 0 radical (unpaired) electrons. The Morgan fingerprint density at radius 3 is 2.38 bits per heavy atom. The second kappa shape index (κ2) is 4.49. The van der Waals surface area contributed by atoms with E-state index in [0.29, 0.717) is 6.54 Å². The molecule has 0 bridgehead atoms. The monoisotopic (exact) mass is 215 g/mol. The molecule has 3 nitrogen and oxygen atoms in total. The zero-order valence-corrected chi connectivity index (χ0v) is 9.77. The van der Waals surface area contributed by atoms with E-state index < -0.39 is 0 Å². The Balaban J connectivity index is 2.31. The first-order chi connectivity index (χ1) is 7.72. The summed E-state index contributed by atoms with van der Waals surface area (Å²) in [4.78, 5) is 4.29. The summed E-state index contributed by atoms with van der Waals surface area (Å²) in [5.74, 6) is 0. The fourth-order valence-electron chi connectivity index (χ4n) is 1.75. The number of nitrogens with zero attached hydrogens (tertiary/aromatic N) is 2. The lowest BCUT2D eigenvalue weighted by Gasteiger charge is -2.06. The van der Waals surface area contributed by atoms with Crippen LogP contribution in [0.3, 0.4) is 0 Å². The lowest BCUT2D eigenvalue weighted by molar-refractivity contribution is 0.959. The van der Waals surface area contributed by atoms with Crippen LogP contribution < -0.4 is 5.73 Å². The first kappa shape index (κ1) is 10.9. The zero-order chi connectivity index (χ0) is 11.5. The average Bonchev–Trinajstić information content (AvgIpc) is 2.62. The molecule has 0 atom stereocenters. The van der Waals surface area contributed by atoms with Gasteiger partial charge in [-0.05, 0) is 44.5 Å². The van der Waals surface area contributed by atoms with E-state index in [0.717, 1.165) is 17.8 Å². The van der Waals surface area contributed by atoms with Crippen LogP contribution in [0.4, 0.5) is 0 Å². The van der Waals surface area contributed by atoms with Gasteiger partial charge in [0.15, 0.2) is 0 Å². The van der Waals surface area contributed by atoms with E-state index in [2.05, 4.69) is 40.7 Å². The van der Waals surface area contributed by atoms with Crippen molar-refractivity contribution < 1.29 is 0 Å². The summed E-state index contributed by atoms with van der Waals surface area (Å²) in [6, 6.07) is 8.46. The van der Waals surface area contributed by atoms with Crippen LogP contribution in [0.15, 0.2) is 30.6 Å². The van der Waals surface area contributed by atoms with Crippen molar-refractivity contribution in [1.82, 2.24) is 9.55 Å². The molecule has 1 heterocycles. The molecule has 0 fully saturated rings. The highest BCUT2D eigenvalue weighted by atomic mass is 15.1. The summed E-state index contributed by atoms with van der Waals surface area (Å²) < 4.78 is 2.10. The van der Waals surface area contributed by atoms with Gasteiger partial charge in [-0.1, -0.05) is 12.1 Å². The van der Waals surface area contributed by atoms with Crippen LogP contribution in [-0.2, 0) is 6.42 Å². The van der Waals surface area contributed by atoms with Gasteiger partial charge in [0.25, 0.3) is 0 Å². The smallest absolute Gasteiger partial charge is 0.0997 e. The van der Waals surface area contributed by atoms with Crippen molar-refractivity contribution in [1.29, 1.82) is 0 Å². The van der Waals surface area contributed by atoms with Crippen LogP contribution in [0, 0.1) is 13.8 Å². The number of aryl methyl sites for hydroxylation is 1. The third-order valence-corrected chi connectivity index (χ3v) is 2.90. The minimum Gasteiger partial charge on any atom is -0.330 e. The predicted octanol–water partition coefficient (Wildman–Crippen LogP) is 1.99. The number of rotatable bonds is 3. The zero-order valence-electron chi connectivity index (χ0n) is 9.77. The fourth-order valence-corrected chi connectivity index (χ4v) is 1.75. The maximum atomic E-state index is 5.52. The Morgan fingerprint density at radius 1 is 1.19 bits per heavy atom. The third-order valence-electron chi connectivity index (χ3n) is 2.90. The molecule has 0 saturated carbocycles. The molecule has 84 valence electrons. The molecule has 2 N–H and O–H groups in total. The Hall–Kier alpha value is -1.61. The molecule has 0 spiro atoms. The van der Waals surface area contributed by atoms with E-state index >= 15 is 0 Å². The van der Waals surface area contributed by atoms with Crippen molar-refractivity contribution in [2.24, 2.45) is 5.73 Å². The molecule has 0 saturated heterocycles. The van der Waals surface area contributed by atoms with Gasteiger partial charge in [-0.3, -0.25) is 0 Å². The van der Waals surface area contributed by atoms with Crippen molar-refractivity contribution >= 4 is 0 Å². The standard InChI is InChI=1S/C13H17N3/c1-10-11(2)16(9-15-10)13-5-3-12(4-6-13)7-8-14/h3-6,9H,7-8,14H2,1-2H3. The fraction of sp³-hybridized carbons (Fsp3) is 0.308. The molecule has 0 aliphatic rings. The van der Waals surface area contributed by atoms with E-state index in [1.54, 1.807) is 0 Å². The van der Waals surface area contributed by atoms with Gasteiger partial charge >= 0.3 is 0 Å². The molecule has 16 heavy (non-hydrogen) atoms. The van der Waals surface area contributed by atoms with Crippen LogP contribution in [0.2, 0.25) is 0 Å². The molecule has 0 aliphatic heterocycles. The third kappa shape index (κ3) is 1.99. The molecule has 1 aromatic heterocycles. The highest BCUT2D eigenvalue weighted by Gasteiger charge is 2.03.